The van der Waals surface area contributed by atoms with Gasteiger partial charge in [0.1, 0.15) is 11.6 Å². The predicted molar refractivity (Wildman–Crippen MR) is 118 cm³/mol. The third-order valence-corrected chi connectivity index (χ3v) is 8.72. The van der Waals surface area contributed by atoms with Gasteiger partial charge in [-0.15, -0.1) is 0 Å². The zero-order valence-corrected chi connectivity index (χ0v) is 19.6. The van der Waals surface area contributed by atoms with E-state index in [2.05, 4.69) is 5.32 Å². The van der Waals surface area contributed by atoms with Gasteiger partial charge in [-0.05, 0) is 38.8 Å². The van der Waals surface area contributed by atoms with Gasteiger partial charge in [0.25, 0.3) is 5.91 Å². The lowest BCUT2D eigenvalue weighted by Crippen LogP contribution is -2.56. The van der Waals surface area contributed by atoms with Crippen LogP contribution in [0.4, 0.5) is 4.79 Å². The van der Waals surface area contributed by atoms with E-state index in [0.717, 1.165) is 17.7 Å². The van der Waals surface area contributed by atoms with E-state index in [1.165, 1.54) is 41.3 Å². The number of sulfonamides is 1. The number of hydrogen-bond acceptors (Lipinski definition) is 6. The van der Waals surface area contributed by atoms with Gasteiger partial charge in [0.15, 0.2) is 5.78 Å². The molecular weight excluding hydrogens is 448 g/mol. The molecule has 1 aliphatic carbocycles. The first-order valence-electron chi connectivity index (χ1n) is 11.1. The summed E-state index contributed by atoms with van der Waals surface area (Å²) in [5, 5.41) is 2.78. The summed E-state index contributed by atoms with van der Waals surface area (Å²) in [6, 6.07) is 4.37. The maximum Gasteiger partial charge on any atom is 0.325 e. The van der Waals surface area contributed by atoms with E-state index in [-0.39, 0.29) is 48.7 Å². The van der Waals surface area contributed by atoms with Crippen LogP contribution in [-0.2, 0) is 19.6 Å². The molecule has 1 N–H and O–H groups in total. The highest BCUT2D eigenvalue weighted by molar-refractivity contribution is 7.89. The van der Waals surface area contributed by atoms with Gasteiger partial charge in [0.05, 0.1) is 4.90 Å². The van der Waals surface area contributed by atoms with Gasteiger partial charge in [-0.2, -0.15) is 4.31 Å². The van der Waals surface area contributed by atoms with Crippen LogP contribution in [0.3, 0.4) is 0 Å². The molecular formula is C22H28N4O6S. The number of urea groups is 1. The van der Waals surface area contributed by atoms with E-state index >= 15 is 0 Å². The van der Waals surface area contributed by atoms with Crippen LogP contribution in [0.15, 0.2) is 29.2 Å². The smallest absolute Gasteiger partial charge is 0.325 e. The van der Waals surface area contributed by atoms with Crippen molar-refractivity contribution < 1.29 is 27.6 Å². The van der Waals surface area contributed by atoms with Crippen LogP contribution >= 0.6 is 0 Å². The van der Waals surface area contributed by atoms with E-state index in [4.69, 9.17) is 0 Å². The third kappa shape index (κ3) is 4.04. The number of imide groups is 1. The highest BCUT2D eigenvalue weighted by Gasteiger charge is 2.55. The summed E-state index contributed by atoms with van der Waals surface area (Å²) in [4.78, 5) is 52.7. The SMILES string of the molecule is CC(=O)c1cccc(S(=O)(=O)N2CCN(C(=O)C(C)N3C(=O)NC4(CCCC4)C3=O)CC2)c1. The molecule has 1 saturated carbocycles. The molecule has 2 aliphatic heterocycles. The van der Waals surface area contributed by atoms with E-state index in [1.54, 1.807) is 6.07 Å². The normalized spacial score (nSPS) is 22.0. The molecule has 1 atom stereocenters. The summed E-state index contributed by atoms with van der Waals surface area (Å²) < 4.78 is 27.3. The molecule has 0 radical (unpaired) electrons. The van der Waals surface area contributed by atoms with Gasteiger partial charge in [0.2, 0.25) is 15.9 Å². The molecule has 11 heteroatoms. The van der Waals surface area contributed by atoms with E-state index < -0.39 is 27.6 Å². The number of carbonyl (C=O) groups is 4. The molecule has 0 aromatic heterocycles. The quantitative estimate of drug-likeness (QED) is 0.499. The molecule has 33 heavy (non-hydrogen) atoms. The zero-order valence-electron chi connectivity index (χ0n) is 18.7. The molecule has 178 valence electrons. The Morgan fingerprint density at radius 3 is 2.30 bits per heavy atom. The molecule has 2 saturated heterocycles. The lowest BCUT2D eigenvalue weighted by atomic mass is 9.97. The molecule has 1 spiro atoms. The van der Waals surface area contributed by atoms with Gasteiger partial charge < -0.3 is 10.2 Å². The molecule has 1 aromatic rings. The molecule has 3 aliphatic rings. The number of piperazine rings is 1. The van der Waals surface area contributed by atoms with Crippen molar-refractivity contribution in [1.29, 1.82) is 0 Å². The molecule has 2 heterocycles. The Kier molecular flexibility index (Phi) is 6.04. The van der Waals surface area contributed by atoms with Crippen molar-refractivity contribution in [3.8, 4) is 0 Å². The maximum atomic E-state index is 13.1. The molecule has 4 rings (SSSR count). The summed E-state index contributed by atoms with van der Waals surface area (Å²) in [6.07, 6.45) is 2.87. The van der Waals surface area contributed by atoms with Crippen LogP contribution in [0, 0.1) is 0 Å². The molecule has 3 fully saturated rings. The first kappa shape index (κ1) is 23.4. The number of ketones is 1. The van der Waals surface area contributed by atoms with Crippen LogP contribution in [-0.4, -0.2) is 83.9 Å². The van der Waals surface area contributed by atoms with Gasteiger partial charge in [-0.1, -0.05) is 25.0 Å². The maximum absolute atomic E-state index is 13.1. The lowest BCUT2D eigenvalue weighted by molar-refractivity contribution is -0.143. The number of rotatable bonds is 5. The largest absolute Gasteiger partial charge is 0.338 e. The Morgan fingerprint density at radius 1 is 1.06 bits per heavy atom. The Labute approximate surface area is 192 Å². The minimum absolute atomic E-state index is 0.0320. The average molecular weight is 477 g/mol. The van der Waals surface area contributed by atoms with Crippen molar-refractivity contribution in [3.05, 3.63) is 29.8 Å². The lowest BCUT2D eigenvalue weighted by Gasteiger charge is -2.36. The van der Waals surface area contributed by atoms with Crippen LogP contribution in [0.5, 0.6) is 0 Å². The first-order valence-corrected chi connectivity index (χ1v) is 12.6. The first-order chi connectivity index (χ1) is 15.6. The monoisotopic (exact) mass is 476 g/mol. The number of nitrogens with zero attached hydrogens (tertiary/aromatic N) is 3. The third-order valence-electron chi connectivity index (χ3n) is 6.82. The minimum atomic E-state index is -3.82. The summed E-state index contributed by atoms with van der Waals surface area (Å²) in [6.45, 7) is 3.35. The average Bonchev–Trinajstić information content (AvgIpc) is 3.37. The molecule has 0 bridgehead atoms. The minimum Gasteiger partial charge on any atom is -0.338 e. The Balaban J connectivity index is 1.42. The number of carbonyl (C=O) groups excluding carboxylic acids is 4. The summed E-state index contributed by atoms with van der Waals surface area (Å²) in [7, 11) is -3.82. The van der Waals surface area contributed by atoms with Gasteiger partial charge in [0, 0.05) is 31.7 Å². The Bertz CT molecular complexity index is 1100. The number of nitrogens with one attached hydrogen (secondary N) is 1. The second kappa shape index (κ2) is 8.53. The second-order valence-electron chi connectivity index (χ2n) is 8.88. The van der Waals surface area contributed by atoms with Crippen LogP contribution in [0.1, 0.15) is 49.9 Å². The molecule has 10 nitrogen and oxygen atoms in total. The molecule has 1 unspecified atom stereocenters. The summed E-state index contributed by atoms with van der Waals surface area (Å²) in [5.74, 6) is -0.960. The van der Waals surface area contributed by atoms with E-state index in [1.807, 2.05) is 0 Å². The summed E-state index contributed by atoms with van der Waals surface area (Å²) in [5.41, 5.74) is -0.570. The highest BCUT2D eigenvalue weighted by atomic mass is 32.2. The number of amides is 4. The van der Waals surface area contributed by atoms with E-state index in [9.17, 15) is 27.6 Å². The van der Waals surface area contributed by atoms with Gasteiger partial charge >= 0.3 is 6.03 Å². The fourth-order valence-electron chi connectivity index (χ4n) is 4.86. The fourth-order valence-corrected chi connectivity index (χ4v) is 6.33. The number of hydrogen-bond donors (Lipinski definition) is 1. The van der Waals surface area contributed by atoms with Gasteiger partial charge in [-0.3, -0.25) is 14.4 Å². The topological polar surface area (TPSA) is 124 Å². The molecule has 1 aromatic carbocycles. The van der Waals surface area contributed by atoms with Crippen LogP contribution in [0.2, 0.25) is 0 Å². The van der Waals surface area contributed by atoms with Crippen LogP contribution in [0.25, 0.3) is 0 Å². The van der Waals surface area contributed by atoms with Crippen LogP contribution < -0.4 is 5.32 Å². The Morgan fingerprint density at radius 2 is 1.70 bits per heavy atom. The van der Waals surface area contributed by atoms with E-state index in [0.29, 0.717) is 18.4 Å². The van der Waals surface area contributed by atoms with Crippen molar-refractivity contribution in [1.82, 2.24) is 19.4 Å². The predicted octanol–water partition coefficient (Wildman–Crippen LogP) is 0.975. The van der Waals surface area contributed by atoms with Gasteiger partial charge in [-0.25, -0.2) is 18.1 Å². The highest BCUT2D eigenvalue weighted by Crippen LogP contribution is 2.36. The van der Waals surface area contributed by atoms with Crippen molar-refractivity contribution in [2.24, 2.45) is 0 Å². The number of benzene rings is 1. The van der Waals surface area contributed by atoms with Crippen molar-refractivity contribution in [2.75, 3.05) is 26.2 Å². The van der Waals surface area contributed by atoms with Crippen molar-refractivity contribution in [3.63, 3.8) is 0 Å². The molecule has 4 amide bonds. The fraction of sp³-hybridized carbons (Fsp3) is 0.545. The van der Waals surface area contributed by atoms with Crippen molar-refractivity contribution in [2.45, 2.75) is 56.0 Å². The standard InChI is InChI=1S/C22H28N4O6S/c1-15(26-20(29)22(23-21(26)30)8-3-4-9-22)19(28)24-10-12-25(13-11-24)33(31,32)18-7-5-6-17(14-18)16(2)27/h5-7,14-15H,3-4,8-13H2,1-2H3,(H,23,30). The number of Topliss-reactive ketones (excluding diaryl/α,β-unsaturated/α-hetero) is 1. The Hall–Kier alpha value is -2.79. The zero-order chi connectivity index (χ0) is 24.0. The van der Waals surface area contributed by atoms with Crippen molar-refractivity contribution >= 4 is 33.7 Å². The summed E-state index contributed by atoms with van der Waals surface area (Å²) >= 11 is 0. The second-order valence-corrected chi connectivity index (χ2v) is 10.8.